The van der Waals surface area contributed by atoms with E-state index in [1.165, 1.54) is 0 Å². The first-order valence-corrected chi connectivity index (χ1v) is 9.39. The van der Waals surface area contributed by atoms with Crippen LogP contribution in [0.4, 0.5) is 0 Å². The molecule has 2 heterocycles. The molecule has 0 spiro atoms. The van der Waals surface area contributed by atoms with Crippen LogP contribution in [0.5, 0.6) is 5.75 Å². The van der Waals surface area contributed by atoms with Gasteiger partial charge in [0.25, 0.3) is 5.91 Å². The van der Waals surface area contributed by atoms with E-state index in [9.17, 15) is 4.79 Å². The summed E-state index contributed by atoms with van der Waals surface area (Å²) >= 11 is 0. The Morgan fingerprint density at radius 1 is 1.03 bits per heavy atom. The number of methoxy groups -OCH3 is 1. The number of nitrogens with zero attached hydrogens (tertiary/aromatic N) is 4. The highest BCUT2D eigenvalue weighted by Gasteiger charge is 2.18. The van der Waals surface area contributed by atoms with Crippen LogP contribution in [0.25, 0.3) is 11.0 Å². The fourth-order valence-corrected chi connectivity index (χ4v) is 3.30. The maximum absolute atomic E-state index is 12.7. The fourth-order valence-electron chi connectivity index (χ4n) is 3.30. The molecule has 0 fully saturated rings. The molecule has 4 aromatic rings. The van der Waals surface area contributed by atoms with Gasteiger partial charge in [0, 0.05) is 19.8 Å². The largest absolute Gasteiger partial charge is 0.497 e. The molecule has 0 radical (unpaired) electrons. The van der Waals surface area contributed by atoms with Gasteiger partial charge in [0.2, 0.25) is 0 Å². The van der Waals surface area contributed by atoms with Crippen LogP contribution in [0.1, 0.15) is 21.9 Å². The van der Waals surface area contributed by atoms with Crippen molar-refractivity contribution in [2.24, 2.45) is 0 Å². The number of para-hydroxylation sites is 2. The summed E-state index contributed by atoms with van der Waals surface area (Å²) in [7, 11) is 3.43. The van der Waals surface area contributed by atoms with Crippen LogP contribution >= 0.6 is 0 Å². The Morgan fingerprint density at radius 2 is 1.79 bits per heavy atom. The normalized spacial score (nSPS) is 10.8. The number of hydrogen-bond acceptors (Lipinski definition) is 4. The fraction of sp³-hybridized carbons (Fsp3) is 0.174. The number of benzene rings is 2. The number of rotatable bonds is 6. The van der Waals surface area contributed by atoms with Gasteiger partial charge in [0.05, 0.1) is 24.7 Å². The van der Waals surface area contributed by atoms with Gasteiger partial charge in [0.15, 0.2) is 0 Å². The lowest BCUT2D eigenvalue weighted by molar-refractivity contribution is 0.0774. The average Bonchev–Trinajstić information content (AvgIpc) is 3.11. The van der Waals surface area contributed by atoms with Crippen LogP contribution in [-0.4, -0.2) is 39.5 Å². The van der Waals surface area contributed by atoms with Crippen LogP contribution in [0.3, 0.4) is 0 Å². The summed E-state index contributed by atoms with van der Waals surface area (Å²) in [6.45, 7) is 1.05. The Balaban J connectivity index is 1.64. The molecular weight excluding hydrogens is 364 g/mol. The SMILES string of the molecule is COc1ccc(Cn2c(CN(C)C(=O)c3ccccn3)nc3ccccc32)cc1. The third-order valence-corrected chi connectivity index (χ3v) is 4.84. The number of carbonyl (C=O) groups excluding carboxylic acids is 1. The van der Waals surface area contributed by atoms with Crippen molar-refractivity contribution in [3.8, 4) is 5.75 Å². The summed E-state index contributed by atoms with van der Waals surface area (Å²) in [5, 5.41) is 0. The highest BCUT2D eigenvalue weighted by atomic mass is 16.5. The average molecular weight is 386 g/mol. The van der Waals surface area contributed by atoms with E-state index in [1.54, 1.807) is 37.4 Å². The number of aromatic nitrogens is 3. The third kappa shape index (κ3) is 3.96. The molecule has 0 bridgehead atoms. The second-order valence-corrected chi connectivity index (χ2v) is 6.83. The molecule has 0 aliphatic heterocycles. The number of fused-ring (bicyclic) bond motifs is 1. The molecule has 4 rings (SSSR count). The van der Waals surface area contributed by atoms with Crippen LogP contribution in [0, 0.1) is 0 Å². The minimum Gasteiger partial charge on any atom is -0.497 e. The van der Waals surface area contributed by atoms with Crippen molar-refractivity contribution in [1.82, 2.24) is 19.4 Å². The van der Waals surface area contributed by atoms with Crippen molar-refractivity contribution in [3.05, 3.63) is 90.0 Å². The predicted octanol–water partition coefficient (Wildman–Crippen LogP) is 3.76. The summed E-state index contributed by atoms with van der Waals surface area (Å²) in [6.07, 6.45) is 1.62. The van der Waals surface area contributed by atoms with Gasteiger partial charge in [-0.15, -0.1) is 0 Å². The number of ether oxygens (including phenoxy) is 1. The molecule has 6 heteroatoms. The zero-order valence-electron chi connectivity index (χ0n) is 16.4. The van der Waals surface area contributed by atoms with E-state index in [2.05, 4.69) is 15.6 Å². The molecular formula is C23H22N4O2. The predicted molar refractivity (Wildman–Crippen MR) is 112 cm³/mol. The number of pyridine rings is 1. The Hall–Kier alpha value is -3.67. The van der Waals surface area contributed by atoms with Gasteiger partial charge in [0.1, 0.15) is 17.3 Å². The Bertz CT molecular complexity index is 1120. The topological polar surface area (TPSA) is 60.2 Å². The highest BCUT2D eigenvalue weighted by molar-refractivity contribution is 5.92. The van der Waals surface area contributed by atoms with Crippen molar-refractivity contribution in [1.29, 1.82) is 0 Å². The molecule has 2 aromatic heterocycles. The molecule has 0 aliphatic carbocycles. The number of amides is 1. The first-order chi connectivity index (χ1) is 14.2. The van der Waals surface area contributed by atoms with Crippen molar-refractivity contribution in [2.45, 2.75) is 13.1 Å². The van der Waals surface area contributed by atoms with E-state index >= 15 is 0 Å². The zero-order valence-corrected chi connectivity index (χ0v) is 16.4. The van der Waals surface area contributed by atoms with Gasteiger partial charge in [-0.2, -0.15) is 0 Å². The first kappa shape index (κ1) is 18.7. The van der Waals surface area contributed by atoms with Gasteiger partial charge < -0.3 is 14.2 Å². The first-order valence-electron chi connectivity index (χ1n) is 9.39. The molecule has 1 amide bonds. The summed E-state index contributed by atoms with van der Waals surface area (Å²) in [4.78, 5) is 23.3. The van der Waals surface area contributed by atoms with Gasteiger partial charge >= 0.3 is 0 Å². The second kappa shape index (κ2) is 8.14. The van der Waals surface area contributed by atoms with Gasteiger partial charge in [-0.3, -0.25) is 9.78 Å². The van der Waals surface area contributed by atoms with E-state index in [-0.39, 0.29) is 5.91 Å². The quantitative estimate of drug-likeness (QED) is 0.506. The van der Waals surface area contributed by atoms with E-state index in [1.807, 2.05) is 48.5 Å². The highest BCUT2D eigenvalue weighted by Crippen LogP contribution is 2.20. The molecule has 146 valence electrons. The van der Waals surface area contributed by atoms with Crippen LogP contribution in [0.2, 0.25) is 0 Å². The molecule has 0 saturated heterocycles. The Kier molecular flexibility index (Phi) is 5.24. The maximum Gasteiger partial charge on any atom is 0.272 e. The summed E-state index contributed by atoms with van der Waals surface area (Å²) in [6, 6.07) is 21.3. The van der Waals surface area contributed by atoms with Crippen molar-refractivity contribution in [3.63, 3.8) is 0 Å². The standard InChI is InChI=1S/C23H22N4O2/c1-26(23(28)20-8-5-6-14-24-20)16-22-25-19-7-3-4-9-21(19)27(22)15-17-10-12-18(29-2)13-11-17/h3-14H,15-16H2,1-2H3. The lowest BCUT2D eigenvalue weighted by Gasteiger charge is -2.18. The number of imidazole rings is 1. The maximum atomic E-state index is 12.7. The van der Waals surface area contributed by atoms with E-state index < -0.39 is 0 Å². The van der Waals surface area contributed by atoms with E-state index in [4.69, 9.17) is 9.72 Å². The molecule has 6 nitrogen and oxygen atoms in total. The third-order valence-electron chi connectivity index (χ3n) is 4.84. The summed E-state index contributed by atoms with van der Waals surface area (Å²) < 4.78 is 7.40. The van der Waals surface area contributed by atoms with Crippen molar-refractivity contribution in [2.75, 3.05) is 14.2 Å². The Morgan fingerprint density at radius 3 is 2.52 bits per heavy atom. The molecule has 0 aliphatic rings. The summed E-state index contributed by atoms with van der Waals surface area (Å²) in [5.74, 6) is 1.52. The van der Waals surface area contributed by atoms with Crippen LogP contribution < -0.4 is 4.74 Å². The number of carbonyl (C=O) groups is 1. The van der Waals surface area contributed by atoms with E-state index in [0.29, 0.717) is 18.8 Å². The zero-order chi connectivity index (χ0) is 20.2. The molecule has 2 aromatic carbocycles. The molecule has 0 unspecified atom stereocenters. The Labute approximate surface area is 169 Å². The van der Waals surface area contributed by atoms with Gasteiger partial charge in [-0.05, 0) is 42.0 Å². The number of hydrogen-bond donors (Lipinski definition) is 0. The van der Waals surface area contributed by atoms with Gasteiger partial charge in [-0.1, -0.05) is 30.3 Å². The van der Waals surface area contributed by atoms with Crippen molar-refractivity contribution < 1.29 is 9.53 Å². The van der Waals surface area contributed by atoms with Crippen LogP contribution in [-0.2, 0) is 13.1 Å². The second-order valence-electron chi connectivity index (χ2n) is 6.83. The lowest BCUT2D eigenvalue weighted by atomic mass is 10.2. The molecule has 0 saturated carbocycles. The lowest BCUT2D eigenvalue weighted by Crippen LogP contribution is -2.28. The minimum absolute atomic E-state index is 0.131. The molecule has 0 atom stereocenters. The van der Waals surface area contributed by atoms with Gasteiger partial charge in [-0.25, -0.2) is 4.98 Å². The van der Waals surface area contributed by atoms with Crippen LogP contribution in [0.15, 0.2) is 72.9 Å². The monoisotopic (exact) mass is 386 g/mol. The molecule has 29 heavy (non-hydrogen) atoms. The minimum atomic E-state index is -0.131. The van der Waals surface area contributed by atoms with Crippen molar-refractivity contribution >= 4 is 16.9 Å². The smallest absolute Gasteiger partial charge is 0.272 e. The summed E-state index contributed by atoms with van der Waals surface area (Å²) in [5.41, 5.74) is 3.51. The molecule has 0 N–H and O–H groups in total. The van der Waals surface area contributed by atoms with E-state index in [0.717, 1.165) is 28.2 Å².